The molecule has 2 unspecified atom stereocenters. The molecule has 2 atom stereocenters. The number of morpholine rings is 2. The Morgan fingerprint density at radius 3 is 1.49 bits per heavy atom. The SMILES string of the molecule is CC1(C)OB(c2cnc(N3CCOCC3)nc2)OC1(C)C.O=c1c2ccc(-c3cnc(N4CCOCC4)nc3)cc2n2n1CCC2c1ccccc1OC(F)F.O=c1c2ccc(Br)cc2n2n1CCC2c1ccccc1OC(F)F. The minimum atomic E-state index is -2.92. The van der Waals surface area contributed by atoms with Crippen molar-refractivity contribution in [1.82, 2.24) is 38.7 Å². The Morgan fingerprint density at radius 1 is 0.575 bits per heavy atom. The average Bonchev–Trinajstić information content (AvgIpc) is 4.07. The number of benzene rings is 4. The number of fused-ring (bicyclic) bond motifs is 6. The molecule has 18 nitrogen and oxygen atoms in total. The molecule has 418 valence electrons. The Balaban J connectivity index is 0.000000132. The van der Waals surface area contributed by atoms with E-state index in [0.717, 1.165) is 77.4 Å². The first-order chi connectivity index (χ1) is 38.5. The van der Waals surface area contributed by atoms with Crippen molar-refractivity contribution in [3.8, 4) is 22.6 Å². The standard InChI is InChI=1S/C25H23F2N5O3.C17H13BrF2N2O2.C14H22BN3O3/c26-24(27)35-22-4-2-1-3-18(22)20-7-8-31-23(33)19-6-5-16(13-21(19)32(20)31)17-14-28-25(29-15-17)30-9-11-34-12-10-30;18-10-5-6-12-14(9-10)22-13(7-8-21(22)16(12)23)11-3-1-2-4-15(11)24-17(19)20;1-13(2)14(3,4)21-15(20-13)11-9-16-12(17-10-11)18-5-7-19-8-6-18/h1-6,13-15,20,24H,7-12H2;1-6,9,13,17H,7-8H2;9-10H,5-8H2,1-4H3. The summed E-state index contributed by atoms with van der Waals surface area (Å²) in [5, 5.41) is 1.20. The summed E-state index contributed by atoms with van der Waals surface area (Å²) in [6, 6.07) is 24.1. The molecule has 9 heterocycles. The van der Waals surface area contributed by atoms with Gasteiger partial charge in [0.15, 0.2) is 0 Å². The molecule has 0 bridgehead atoms. The number of hydrogen-bond acceptors (Lipinski definition) is 14. The number of ether oxygens (including phenoxy) is 4. The second-order valence-electron chi connectivity index (χ2n) is 20.8. The van der Waals surface area contributed by atoms with Crippen molar-refractivity contribution in [2.75, 3.05) is 62.4 Å². The molecule has 0 N–H and O–H groups in total. The van der Waals surface area contributed by atoms with Crippen LogP contribution in [0.3, 0.4) is 0 Å². The molecule has 13 rings (SSSR count). The highest BCUT2D eigenvalue weighted by Gasteiger charge is 2.52. The normalized spacial score (nSPS) is 19.2. The van der Waals surface area contributed by atoms with Gasteiger partial charge in [0.1, 0.15) is 11.5 Å². The molecule has 4 aromatic carbocycles. The van der Waals surface area contributed by atoms with Gasteiger partial charge in [-0.25, -0.2) is 29.3 Å². The molecule has 3 saturated heterocycles. The third-order valence-corrected chi connectivity index (χ3v) is 15.9. The van der Waals surface area contributed by atoms with Crippen LogP contribution in [0.2, 0.25) is 0 Å². The van der Waals surface area contributed by atoms with Crippen LogP contribution in [0.5, 0.6) is 11.5 Å². The number of alkyl halides is 4. The second-order valence-corrected chi connectivity index (χ2v) is 21.7. The molecular formula is C56H58BBrF4N10O8. The van der Waals surface area contributed by atoms with Gasteiger partial charge in [0.25, 0.3) is 11.1 Å². The number of para-hydroxylation sites is 2. The van der Waals surface area contributed by atoms with E-state index in [4.69, 9.17) is 23.5 Å². The van der Waals surface area contributed by atoms with E-state index >= 15 is 0 Å². The highest BCUT2D eigenvalue weighted by molar-refractivity contribution is 9.10. The first-order valence-electron chi connectivity index (χ1n) is 26.4. The van der Waals surface area contributed by atoms with Gasteiger partial charge in [-0.05, 0) is 88.6 Å². The first-order valence-corrected chi connectivity index (χ1v) is 27.2. The lowest BCUT2D eigenvalue weighted by molar-refractivity contribution is -0.0513. The van der Waals surface area contributed by atoms with E-state index < -0.39 is 20.3 Å². The molecule has 24 heteroatoms. The van der Waals surface area contributed by atoms with Crippen molar-refractivity contribution in [2.24, 2.45) is 0 Å². The van der Waals surface area contributed by atoms with Crippen LogP contribution in [-0.4, -0.2) is 123 Å². The highest BCUT2D eigenvalue weighted by atomic mass is 79.9. The van der Waals surface area contributed by atoms with Gasteiger partial charge in [-0.2, -0.15) is 17.6 Å². The molecule has 8 aromatic rings. The second kappa shape index (κ2) is 22.8. The smallest absolute Gasteiger partial charge is 0.434 e. The molecule has 0 amide bonds. The maximum Gasteiger partial charge on any atom is 0.498 e. The molecule has 0 radical (unpaired) electrons. The highest BCUT2D eigenvalue weighted by Crippen LogP contribution is 2.40. The minimum Gasteiger partial charge on any atom is -0.434 e. The summed E-state index contributed by atoms with van der Waals surface area (Å²) < 4.78 is 91.6. The van der Waals surface area contributed by atoms with Gasteiger partial charge in [0.2, 0.25) is 11.9 Å². The van der Waals surface area contributed by atoms with Gasteiger partial charge < -0.3 is 38.1 Å². The Kier molecular flexibility index (Phi) is 15.6. The van der Waals surface area contributed by atoms with Gasteiger partial charge in [0, 0.05) is 90.7 Å². The third kappa shape index (κ3) is 10.9. The Labute approximate surface area is 466 Å². The quantitative estimate of drug-likeness (QED) is 0.0945. The van der Waals surface area contributed by atoms with Crippen molar-refractivity contribution in [3.63, 3.8) is 0 Å². The summed E-state index contributed by atoms with van der Waals surface area (Å²) >= 11 is 3.42. The third-order valence-electron chi connectivity index (χ3n) is 15.5. The van der Waals surface area contributed by atoms with Crippen molar-refractivity contribution in [1.29, 1.82) is 0 Å². The molecule has 3 fully saturated rings. The van der Waals surface area contributed by atoms with Crippen LogP contribution >= 0.6 is 15.9 Å². The fourth-order valence-electron chi connectivity index (χ4n) is 10.8. The molecule has 0 aliphatic carbocycles. The zero-order chi connectivity index (χ0) is 55.9. The van der Waals surface area contributed by atoms with Gasteiger partial charge in [-0.15, -0.1) is 0 Å². The number of hydrogen-bond donors (Lipinski definition) is 0. The van der Waals surface area contributed by atoms with Gasteiger partial charge in [0.05, 0.1) is 71.5 Å². The fraction of sp³-hybridized carbons (Fsp3) is 0.393. The van der Waals surface area contributed by atoms with E-state index in [-0.39, 0.29) is 45.9 Å². The fourth-order valence-corrected chi connectivity index (χ4v) is 11.1. The minimum absolute atomic E-state index is 0.0627. The molecular weight excluding hydrogens is 1110 g/mol. The molecule has 0 saturated carbocycles. The molecule has 5 aliphatic rings. The molecule has 5 aliphatic heterocycles. The summed E-state index contributed by atoms with van der Waals surface area (Å²) in [5.41, 5.74) is 4.49. The largest absolute Gasteiger partial charge is 0.498 e. The maximum absolute atomic E-state index is 13.1. The number of nitrogens with zero attached hydrogens (tertiary/aromatic N) is 10. The molecule has 0 spiro atoms. The van der Waals surface area contributed by atoms with Crippen LogP contribution in [0.25, 0.3) is 32.9 Å². The summed E-state index contributed by atoms with van der Waals surface area (Å²) in [4.78, 5) is 47.8. The van der Waals surface area contributed by atoms with Crippen molar-refractivity contribution in [2.45, 2.75) is 90.1 Å². The lowest BCUT2D eigenvalue weighted by atomic mass is 9.81. The van der Waals surface area contributed by atoms with Crippen molar-refractivity contribution >= 4 is 62.2 Å². The molecule has 80 heavy (non-hydrogen) atoms. The summed E-state index contributed by atoms with van der Waals surface area (Å²) in [5.74, 6) is 1.67. The molecule has 4 aromatic heterocycles. The van der Waals surface area contributed by atoms with Crippen LogP contribution in [0.15, 0.2) is 124 Å². The predicted octanol–water partition coefficient (Wildman–Crippen LogP) is 8.46. The zero-order valence-corrected chi connectivity index (χ0v) is 46.0. The van der Waals surface area contributed by atoms with E-state index in [1.807, 2.05) is 61.3 Å². The van der Waals surface area contributed by atoms with Crippen LogP contribution in [-0.2, 0) is 31.9 Å². The number of rotatable bonds is 10. The van der Waals surface area contributed by atoms with E-state index in [1.165, 1.54) is 12.1 Å². The Morgan fingerprint density at radius 2 is 1.01 bits per heavy atom. The van der Waals surface area contributed by atoms with E-state index in [0.29, 0.717) is 67.0 Å². The summed E-state index contributed by atoms with van der Waals surface area (Å²) in [7, 11) is -0.409. The van der Waals surface area contributed by atoms with Crippen LogP contribution in [0.1, 0.15) is 63.7 Å². The Bertz CT molecular complexity index is 3610. The number of halogens is 5. The lowest BCUT2D eigenvalue weighted by Gasteiger charge is -2.32. The summed E-state index contributed by atoms with van der Waals surface area (Å²) in [6.07, 6.45) is 8.40. The Hall–Kier alpha value is -7.12. The van der Waals surface area contributed by atoms with E-state index in [9.17, 15) is 27.2 Å². The number of aromatic nitrogens is 8. The maximum atomic E-state index is 13.1. The summed E-state index contributed by atoms with van der Waals surface area (Å²) in [6.45, 7) is 9.30. The lowest BCUT2D eigenvalue weighted by Crippen LogP contribution is -2.41. The van der Waals surface area contributed by atoms with E-state index in [2.05, 4.69) is 50.4 Å². The van der Waals surface area contributed by atoms with Crippen molar-refractivity contribution < 1.29 is 45.8 Å². The van der Waals surface area contributed by atoms with Gasteiger partial charge in [-0.1, -0.05) is 58.4 Å². The first kappa shape index (κ1) is 54.8. The number of anilines is 2. The average molecular weight is 1170 g/mol. The predicted molar refractivity (Wildman–Crippen MR) is 297 cm³/mol. The topological polar surface area (TPSA) is 167 Å². The van der Waals surface area contributed by atoms with Gasteiger partial charge >= 0.3 is 20.3 Å². The van der Waals surface area contributed by atoms with E-state index in [1.54, 1.807) is 82.7 Å². The van der Waals surface area contributed by atoms with Crippen LogP contribution < -0.4 is 35.9 Å². The monoisotopic (exact) mass is 1160 g/mol. The van der Waals surface area contributed by atoms with Crippen molar-refractivity contribution in [3.05, 3.63) is 146 Å². The van der Waals surface area contributed by atoms with Crippen LogP contribution in [0, 0.1) is 0 Å². The van der Waals surface area contributed by atoms with Gasteiger partial charge in [-0.3, -0.25) is 19.0 Å². The van der Waals surface area contributed by atoms with Crippen LogP contribution in [0.4, 0.5) is 29.5 Å². The zero-order valence-electron chi connectivity index (χ0n) is 44.4.